The number of hydrogen-bond acceptors (Lipinski definition) is 6. The molecule has 0 unspecified atom stereocenters. The Hall–Kier alpha value is -2.98. The Labute approximate surface area is 263 Å². The Kier molecular flexibility index (Phi) is 25.7. The highest BCUT2D eigenvalue weighted by molar-refractivity contribution is 5.86. The number of ketones is 1. The van der Waals surface area contributed by atoms with Crippen molar-refractivity contribution in [3.63, 3.8) is 0 Å². The topological polar surface area (TPSA) is 187 Å². The number of unbranched alkanes of at least 4 members (excludes halogenated alkanes) is 17. The van der Waals surface area contributed by atoms with Gasteiger partial charge in [0.1, 0.15) is 17.9 Å². The Morgan fingerprint density at radius 1 is 0.432 bits per heavy atom. The van der Waals surface area contributed by atoms with Crippen LogP contribution in [0.25, 0.3) is 0 Å². The highest BCUT2D eigenvalue weighted by atomic mass is 16.4. The number of rotatable bonds is 31. The fourth-order valence-corrected chi connectivity index (χ4v) is 5.06. The third-order valence-corrected chi connectivity index (χ3v) is 7.76. The van der Waals surface area contributed by atoms with Crippen LogP contribution in [0, 0.1) is 0 Å². The van der Waals surface area contributed by atoms with Crippen LogP contribution in [0.4, 0.5) is 0 Å². The summed E-state index contributed by atoms with van der Waals surface area (Å²) in [5.41, 5.74) is 0. The number of hydrogen-bond donors (Lipinski definition) is 5. The zero-order chi connectivity index (χ0) is 33.0. The van der Waals surface area contributed by atoms with E-state index in [1.54, 1.807) is 0 Å². The van der Waals surface area contributed by atoms with Crippen LogP contribution < -0.4 is 10.6 Å². The van der Waals surface area contributed by atoms with E-state index in [2.05, 4.69) is 10.6 Å². The first-order chi connectivity index (χ1) is 21.0. The molecule has 0 radical (unpaired) electrons. The van der Waals surface area contributed by atoms with Crippen molar-refractivity contribution in [2.45, 2.75) is 173 Å². The Morgan fingerprint density at radius 3 is 1.05 bits per heavy atom. The molecule has 254 valence electrons. The molecule has 2 amide bonds. The van der Waals surface area contributed by atoms with Gasteiger partial charge in [0.05, 0.1) is 0 Å². The van der Waals surface area contributed by atoms with Gasteiger partial charge in [-0.3, -0.25) is 14.4 Å². The standard InChI is InChI=1S/C33H58N2O9/c1-26(36)22-23-27(32(41)42)35-30(38)25-24-28(33(43)44)34-29(37)20-18-16-14-12-10-8-6-4-2-3-5-7-9-11-13-15-17-19-21-31(39)40/h27-28H,2-25H2,1H3,(H,34,37)(H,35,38)(H,39,40)(H,41,42)(H,43,44)/t27-,28-/m0/s1. The number of amides is 2. The minimum atomic E-state index is -1.27. The zero-order valence-corrected chi connectivity index (χ0v) is 26.9. The molecule has 0 aromatic heterocycles. The summed E-state index contributed by atoms with van der Waals surface area (Å²) in [5, 5.41) is 32.0. The molecule has 0 saturated heterocycles. The monoisotopic (exact) mass is 626 g/mol. The summed E-state index contributed by atoms with van der Waals surface area (Å²) in [6, 6.07) is -2.46. The van der Waals surface area contributed by atoms with Crippen LogP contribution in [0.5, 0.6) is 0 Å². The van der Waals surface area contributed by atoms with Crippen LogP contribution in [0.2, 0.25) is 0 Å². The summed E-state index contributed by atoms with van der Waals surface area (Å²) in [5.74, 6) is -4.44. The van der Waals surface area contributed by atoms with Crippen molar-refractivity contribution in [3.05, 3.63) is 0 Å². The number of aliphatic carboxylic acids is 3. The average Bonchev–Trinajstić information content (AvgIpc) is 2.95. The molecular formula is C33H58N2O9. The molecule has 0 saturated carbocycles. The fraction of sp³-hybridized carbons (Fsp3) is 0.818. The minimum Gasteiger partial charge on any atom is -0.481 e. The number of carbonyl (C=O) groups is 6. The van der Waals surface area contributed by atoms with Gasteiger partial charge in [-0.25, -0.2) is 9.59 Å². The molecule has 0 aromatic rings. The second kappa shape index (κ2) is 27.6. The van der Waals surface area contributed by atoms with E-state index in [0.29, 0.717) is 12.8 Å². The summed E-state index contributed by atoms with van der Waals surface area (Å²) < 4.78 is 0. The van der Waals surface area contributed by atoms with Gasteiger partial charge in [-0.05, 0) is 32.6 Å². The van der Waals surface area contributed by atoms with Crippen LogP contribution >= 0.6 is 0 Å². The second-order valence-corrected chi connectivity index (χ2v) is 12.0. The van der Waals surface area contributed by atoms with Crippen molar-refractivity contribution in [3.8, 4) is 0 Å². The average molecular weight is 627 g/mol. The fourth-order valence-electron chi connectivity index (χ4n) is 5.06. The number of carboxylic acids is 3. The van der Waals surface area contributed by atoms with E-state index in [4.69, 9.17) is 5.11 Å². The van der Waals surface area contributed by atoms with Crippen molar-refractivity contribution in [2.75, 3.05) is 0 Å². The lowest BCUT2D eigenvalue weighted by atomic mass is 10.0. The van der Waals surface area contributed by atoms with Crippen LogP contribution in [0.15, 0.2) is 0 Å². The molecule has 0 bridgehead atoms. The largest absolute Gasteiger partial charge is 0.481 e. The molecule has 0 heterocycles. The van der Waals surface area contributed by atoms with E-state index >= 15 is 0 Å². The maximum atomic E-state index is 12.2. The minimum absolute atomic E-state index is 0.00896. The highest BCUT2D eigenvalue weighted by Gasteiger charge is 2.24. The number of Topliss-reactive ketones (excluding diaryl/α,β-unsaturated/α-hetero) is 1. The second-order valence-electron chi connectivity index (χ2n) is 12.0. The van der Waals surface area contributed by atoms with E-state index in [0.717, 1.165) is 38.5 Å². The van der Waals surface area contributed by atoms with Gasteiger partial charge in [0.25, 0.3) is 0 Å². The molecule has 2 atom stereocenters. The maximum Gasteiger partial charge on any atom is 0.326 e. The van der Waals surface area contributed by atoms with E-state index in [1.807, 2.05) is 0 Å². The highest BCUT2D eigenvalue weighted by Crippen LogP contribution is 2.15. The van der Waals surface area contributed by atoms with Crippen LogP contribution in [-0.2, 0) is 28.8 Å². The van der Waals surface area contributed by atoms with Gasteiger partial charge >= 0.3 is 17.9 Å². The molecule has 0 aliphatic carbocycles. The van der Waals surface area contributed by atoms with Crippen molar-refractivity contribution in [1.29, 1.82) is 0 Å². The number of carbonyl (C=O) groups excluding carboxylic acids is 3. The van der Waals surface area contributed by atoms with E-state index in [1.165, 1.54) is 77.6 Å². The first-order valence-electron chi connectivity index (χ1n) is 16.8. The predicted molar refractivity (Wildman–Crippen MR) is 168 cm³/mol. The first-order valence-corrected chi connectivity index (χ1v) is 16.8. The smallest absolute Gasteiger partial charge is 0.326 e. The lowest BCUT2D eigenvalue weighted by Gasteiger charge is -2.16. The molecule has 0 aromatic carbocycles. The van der Waals surface area contributed by atoms with E-state index < -0.39 is 35.9 Å². The summed E-state index contributed by atoms with van der Waals surface area (Å²) in [7, 11) is 0. The number of nitrogens with one attached hydrogen (secondary N) is 2. The Bertz CT molecular complexity index is 847. The van der Waals surface area contributed by atoms with Crippen molar-refractivity contribution >= 4 is 35.5 Å². The van der Waals surface area contributed by atoms with Crippen LogP contribution in [0.1, 0.15) is 161 Å². The Morgan fingerprint density at radius 2 is 0.727 bits per heavy atom. The van der Waals surface area contributed by atoms with Gasteiger partial charge in [-0.2, -0.15) is 0 Å². The molecule has 11 nitrogen and oxygen atoms in total. The van der Waals surface area contributed by atoms with Gasteiger partial charge in [0.15, 0.2) is 0 Å². The molecule has 0 fully saturated rings. The summed E-state index contributed by atoms with van der Waals surface area (Å²) in [6.45, 7) is 1.33. The number of carboxylic acid groups (broad SMARTS) is 3. The first kappa shape index (κ1) is 41.0. The maximum absolute atomic E-state index is 12.2. The van der Waals surface area contributed by atoms with E-state index in [-0.39, 0.29) is 43.8 Å². The summed E-state index contributed by atoms with van der Waals surface area (Å²) in [6.07, 6.45) is 20.6. The van der Waals surface area contributed by atoms with Crippen LogP contribution in [0.3, 0.4) is 0 Å². The molecule has 44 heavy (non-hydrogen) atoms. The molecule has 0 spiro atoms. The van der Waals surface area contributed by atoms with E-state index in [9.17, 15) is 39.0 Å². The van der Waals surface area contributed by atoms with Crippen molar-refractivity contribution in [1.82, 2.24) is 10.6 Å². The quantitative estimate of drug-likeness (QED) is 0.0561. The predicted octanol–water partition coefficient (Wildman–Crippen LogP) is 6.16. The molecule has 5 N–H and O–H groups in total. The zero-order valence-electron chi connectivity index (χ0n) is 26.9. The van der Waals surface area contributed by atoms with Gasteiger partial charge in [-0.1, -0.05) is 103 Å². The molecule has 11 heteroatoms. The third kappa shape index (κ3) is 26.6. The van der Waals surface area contributed by atoms with Gasteiger partial charge < -0.3 is 30.7 Å². The van der Waals surface area contributed by atoms with Crippen molar-refractivity contribution in [2.24, 2.45) is 0 Å². The molecule has 0 rings (SSSR count). The van der Waals surface area contributed by atoms with Gasteiger partial charge in [0, 0.05) is 25.7 Å². The van der Waals surface area contributed by atoms with Gasteiger partial charge in [0.2, 0.25) is 11.8 Å². The van der Waals surface area contributed by atoms with Crippen LogP contribution in [-0.4, -0.2) is 62.9 Å². The SMILES string of the molecule is CC(=O)CC[C@H](NC(=O)CC[C@H](NC(=O)CCCCCCCCCCCCCCCCCCCCC(=O)O)C(=O)O)C(=O)O. The molecule has 0 aliphatic heterocycles. The molecular weight excluding hydrogens is 568 g/mol. The normalized spacial score (nSPS) is 12.3. The lowest BCUT2D eigenvalue weighted by Crippen LogP contribution is -2.44. The summed E-state index contributed by atoms with van der Waals surface area (Å²) in [4.78, 5) is 68.7. The lowest BCUT2D eigenvalue weighted by molar-refractivity contribution is -0.143. The van der Waals surface area contributed by atoms with Gasteiger partial charge in [-0.15, -0.1) is 0 Å². The molecule has 0 aliphatic rings. The van der Waals surface area contributed by atoms with Crippen molar-refractivity contribution < 1.29 is 44.1 Å². The third-order valence-electron chi connectivity index (χ3n) is 7.76. The Balaban J connectivity index is 3.74. The summed E-state index contributed by atoms with van der Waals surface area (Å²) >= 11 is 0.